The monoisotopic (exact) mass is 594 g/mol. The molecule has 2 saturated heterocycles. The van der Waals surface area contributed by atoms with Crippen LogP contribution in [0.3, 0.4) is 0 Å². The second kappa shape index (κ2) is 16.6. The van der Waals surface area contributed by atoms with Gasteiger partial charge in [0.25, 0.3) is 0 Å². The number of anilines is 2. The van der Waals surface area contributed by atoms with Gasteiger partial charge in [0.2, 0.25) is 0 Å². The van der Waals surface area contributed by atoms with E-state index in [4.69, 9.17) is 38.5 Å². The number of benzene rings is 2. The molecule has 2 aliphatic rings. The normalized spacial score (nSPS) is 16.1. The van der Waals surface area contributed by atoms with Gasteiger partial charge in [0.05, 0.1) is 49.2 Å². The SMILES string of the molecule is CN(C)C(N)=Nc1ccccc1N1CCOCC1.CN(C)C(N)=Nc1ccccc1N1CCOCC1.O=S(=O)(O)O. The highest BCUT2D eigenvalue weighted by molar-refractivity contribution is 7.79. The summed E-state index contributed by atoms with van der Waals surface area (Å²) >= 11 is 0. The summed E-state index contributed by atoms with van der Waals surface area (Å²) in [5.41, 5.74) is 15.8. The molecule has 14 nitrogen and oxygen atoms in total. The Kier molecular flexibility index (Phi) is 13.6. The summed E-state index contributed by atoms with van der Waals surface area (Å²) in [6, 6.07) is 16.1. The van der Waals surface area contributed by atoms with Crippen LogP contribution >= 0.6 is 0 Å². The van der Waals surface area contributed by atoms with Crippen LogP contribution in [0.15, 0.2) is 58.5 Å². The summed E-state index contributed by atoms with van der Waals surface area (Å²) in [4.78, 5) is 17.1. The van der Waals surface area contributed by atoms with E-state index in [0.29, 0.717) is 11.9 Å². The molecule has 2 fully saturated rings. The number of ether oxygens (including phenoxy) is 2. The Balaban J connectivity index is 0.000000247. The van der Waals surface area contributed by atoms with Gasteiger partial charge in [0.15, 0.2) is 11.9 Å². The minimum atomic E-state index is -4.67. The van der Waals surface area contributed by atoms with Gasteiger partial charge in [-0.05, 0) is 24.3 Å². The van der Waals surface area contributed by atoms with Crippen molar-refractivity contribution in [2.45, 2.75) is 0 Å². The van der Waals surface area contributed by atoms with Crippen molar-refractivity contribution in [2.24, 2.45) is 21.5 Å². The number of rotatable bonds is 4. The lowest BCUT2D eigenvalue weighted by molar-refractivity contribution is 0.122. The first-order valence-corrected chi connectivity index (χ1v) is 14.3. The molecule has 2 heterocycles. The Bertz CT molecular complexity index is 1150. The Hall–Kier alpha value is -3.63. The summed E-state index contributed by atoms with van der Waals surface area (Å²) in [7, 11) is 2.87. The molecule has 0 bridgehead atoms. The molecule has 2 aromatic carbocycles. The number of hydrogen-bond donors (Lipinski definition) is 4. The standard InChI is InChI=1S/2C13H20N4O.H2O4S/c2*1-16(2)13(14)15-11-5-3-4-6-12(11)17-7-9-18-10-8-17;1-5(2,3)4/h2*3-6H,7-10H2,1-2H3,(H2,14,15);(H2,1,2,3,4). The molecular weight excluding hydrogens is 552 g/mol. The predicted octanol–water partition coefficient (Wildman–Crippen LogP) is 1.41. The van der Waals surface area contributed by atoms with E-state index >= 15 is 0 Å². The van der Waals surface area contributed by atoms with Crippen LogP contribution < -0.4 is 21.3 Å². The molecule has 0 aromatic heterocycles. The molecule has 2 aromatic rings. The first kappa shape index (κ1) is 33.6. The van der Waals surface area contributed by atoms with Crippen LogP contribution in [0.4, 0.5) is 22.7 Å². The predicted molar refractivity (Wildman–Crippen MR) is 163 cm³/mol. The van der Waals surface area contributed by atoms with Gasteiger partial charge in [-0.25, -0.2) is 9.98 Å². The highest BCUT2D eigenvalue weighted by atomic mass is 32.3. The van der Waals surface area contributed by atoms with Crippen LogP contribution in [0.25, 0.3) is 0 Å². The maximum Gasteiger partial charge on any atom is 0.394 e. The van der Waals surface area contributed by atoms with Crippen LogP contribution in [0.5, 0.6) is 0 Å². The molecule has 0 atom stereocenters. The minimum absolute atomic E-state index is 0.510. The van der Waals surface area contributed by atoms with Crippen LogP contribution in [-0.2, 0) is 19.9 Å². The Morgan fingerprint density at radius 2 is 1.00 bits per heavy atom. The van der Waals surface area contributed by atoms with E-state index < -0.39 is 10.4 Å². The van der Waals surface area contributed by atoms with Gasteiger partial charge in [-0.3, -0.25) is 9.11 Å². The lowest BCUT2D eigenvalue weighted by atomic mass is 10.2. The fourth-order valence-electron chi connectivity index (χ4n) is 3.71. The van der Waals surface area contributed by atoms with Crippen molar-refractivity contribution in [2.75, 3.05) is 90.6 Å². The van der Waals surface area contributed by atoms with Crippen LogP contribution in [0.2, 0.25) is 0 Å². The fourth-order valence-corrected chi connectivity index (χ4v) is 3.71. The second-order valence-electron chi connectivity index (χ2n) is 9.35. The smallest absolute Gasteiger partial charge is 0.378 e. The number of guanidine groups is 2. The Morgan fingerprint density at radius 1 is 0.707 bits per heavy atom. The number of aliphatic imine (C=N–C) groups is 2. The van der Waals surface area contributed by atoms with E-state index in [2.05, 4.69) is 31.9 Å². The summed E-state index contributed by atoms with van der Waals surface area (Å²) < 4.78 is 42.3. The van der Waals surface area contributed by atoms with Crippen molar-refractivity contribution in [3.63, 3.8) is 0 Å². The molecule has 0 amide bonds. The lowest BCUT2D eigenvalue weighted by Gasteiger charge is -2.29. The molecule has 0 unspecified atom stereocenters. The summed E-state index contributed by atoms with van der Waals surface area (Å²) in [6.07, 6.45) is 0. The third kappa shape index (κ3) is 12.6. The number of morpholine rings is 2. The molecule has 41 heavy (non-hydrogen) atoms. The van der Waals surface area contributed by atoms with E-state index in [9.17, 15) is 0 Å². The van der Waals surface area contributed by atoms with Gasteiger partial charge in [-0.2, -0.15) is 8.42 Å². The largest absolute Gasteiger partial charge is 0.394 e. The molecule has 0 saturated carbocycles. The Labute approximate surface area is 242 Å². The molecule has 2 aliphatic heterocycles. The molecular formula is C26H42N8O6S. The average molecular weight is 595 g/mol. The number of para-hydroxylation sites is 4. The van der Waals surface area contributed by atoms with Crippen molar-refractivity contribution in [1.29, 1.82) is 0 Å². The fraction of sp³-hybridized carbons (Fsp3) is 0.462. The van der Waals surface area contributed by atoms with Gasteiger partial charge < -0.3 is 40.5 Å². The highest BCUT2D eigenvalue weighted by Gasteiger charge is 2.15. The molecule has 0 aliphatic carbocycles. The third-order valence-corrected chi connectivity index (χ3v) is 5.85. The molecule has 15 heteroatoms. The number of nitrogens with zero attached hydrogens (tertiary/aromatic N) is 6. The van der Waals surface area contributed by atoms with Gasteiger partial charge in [0, 0.05) is 54.4 Å². The molecule has 228 valence electrons. The lowest BCUT2D eigenvalue weighted by Crippen LogP contribution is -2.36. The maximum atomic E-state index is 8.74. The quantitative estimate of drug-likeness (QED) is 0.227. The summed E-state index contributed by atoms with van der Waals surface area (Å²) in [5.74, 6) is 1.02. The summed E-state index contributed by atoms with van der Waals surface area (Å²) in [5, 5.41) is 0. The minimum Gasteiger partial charge on any atom is -0.378 e. The first-order chi connectivity index (χ1) is 19.4. The van der Waals surface area contributed by atoms with E-state index in [-0.39, 0.29) is 0 Å². The van der Waals surface area contributed by atoms with Crippen molar-refractivity contribution in [3.05, 3.63) is 48.5 Å². The van der Waals surface area contributed by atoms with Gasteiger partial charge in [0.1, 0.15) is 0 Å². The Morgan fingerprint density at radius 3 is 1.29 bits per heavy atom. The van der Waals surface area contributed by atoms with Gasteiger partial charge in [-0.1, -0.05) is 24.3 Å². The van der Waals surface area contributed by atoms with Crippen molar-refractivity contribution >= 4 is 45.1 Å². The maximum absolute atomic E-state index is 8.74. The zero-order valence-electron chi connectivity index (χ0n) is 24.0. The topological polar surface area (TPSA) is 183 Å². The van der Waals surface area contributed by atoms with E-state index in [1.165, 1.54) is 0 Å². The van der Waals surface area contributed by atoms with E-state index in [1.807, 2.05) is 64.6 Å². The zero-order valence-corrected chi connectivity index (χ0v) is 24.9. The van der Waals surface area contributed by atoms with E-state index in [0.717, 1.165) is 75.4 Å². The number of nitrogens with two attached hydrogens (primary N) is 2. The van der Waals surface area contributed by atoms with Crippen molar-refractivity contribution in [1.82, 2.24) is 9.80 Å². The molecule has 4 rings (SSSR count). The third-order valence-electron chi connectivity index (χ3n) is 5.85. The first-order valence-electron chi connectivity index (χ1n) is 12.9. The van der Waals surface area contributed by atoms with Gasteiger partial charge >= 0.3 is 10.4 Å². The average Bonchev–Trinajstić information content (AvgIpc) is 2.94. The highest BCUT2D eigenvalue weighted by Crippen LogP contribution is 2.30. The molecule has 0 spiro atoms. The van der Waals surface area contributed by atoms with Crippen LogP contribution in [-0.4, -0.2) is 120 Å². The van der Waals surface area contributed by atoms with Crippen LogP contribution in [0, 0.1) is 0 Å². The van der Waals surface area contributed by atoms with E-state index in [1.54, 1.807) is 9.80 Å². The summed E-state index contributed by atoms with van der Waals surface area (Å²) in [6.45, 7) is 6.65. The number of hydrogen-bond acceptors (Lipinski definition) is 8. The van der Waals surface area contributed by atoms with Gasteiger partial charge in [-0.15, -0.1) is 0 Å². The van der Waals surface area contributed by atoms with Crippen LogP contribution in [0.1, 0.15) is 0 Å². The molecule has 6 N–H and O–H groups in total. The van der Waals surface area contributed by atoms with Crippen molar-refractivity contribution < 1.29 is 27.0 Å². The second-order valence-corrected chi connectivity index (χ2v) is 10.2. The molecule has 0 radical (unpaired) electrons. The van der Waals surface area contributed by atoms with Crippen molar-refractivity contribution in [3.8, 4) is 0 Å². The zero-order chi connectivity index (χ0) is 30.4.